The maximum atomic E-state index is 5.81. The predicted molar refractivity (Wildman–Crippen MR) is 57.2 cm³/mol. The summed E-state index contributed by atoms with van der Waals surface area (Å²) in [6.07, 6.45) is 5.23. The van der Waals surface area contributed by atoms with Gasteiger partial charge in [-0.05, 0) is 31.7 Å². The molecule has 0 aromatic rings. The van der Waals surface area contributed by atoms with Crippen molar-refractivity contribution in [3.05, 3.63) is 0 Å². The number of nitrogens with two attached hydrogens (primary N) is 1. The van der Waals surface area contributed by atoms with Crippen LogP contribution in [0.15, 0.2) is 0 Å². The zero-order chi connectivity index (χ0) is 9.80. The lowest BCUT2D eigenvalue weighted by Crippen LogP contribution is -2.41. The van der Waals surface area contributed by atoms with E-state index in [0.717, 1.165) is 38.3 Å². The molecule has 82 valence electrons. The van der Waals surface area contributed by atoms with Crippen molar-refractivity contribution < 1.29 is 4.74 Å². The Balaban J connectivity index is 1.91. The van der Waals surface area contributed by atoms with E-state index in [0.29, 0.717) is 0 Å². The van der Waals surface area contributed by atoms with Gasteiger partial charge in [-0.2, -0.15) is 0 Å². The Morgan fingerprint density at radius 1 is 1.14 bits per heavy atom. The molecule has 0 radical (unpaired) electrons. The molecule has 1 heterocycles. The topological polar surface area (TPSA) is 38.5 Å². The summed E-state index contributed by atoms with van der Waals surface area (Å²) < 4.78 is 5.48. The zero-order valence-electron chi connectivity index (χ0n) is 8.95. The third kappa shape index (κ3) is 2.27. The first-order chi connectivity index (χ1) is 6.92. The van der Waals surface area contributed by atoms with Crippen molar-refractivity contribution in [1.29, 1.82) is 0 Å². The van der Waals surface area contributed by atoms with Crippen LogP contribution >= 0.6 is 0 Å². The van der Waals surface area contributed by atoms with Gasteiger partial charge in [-0.3, -0.25) is 4.90 Å². The van der Waals surface area contributed by atoms with Gasteiger partial charge in [0.2, 0.25) is 0 Å². The van der Waals surface area contributed by atoms with Crippen molar-refractivity contribution in [2.45, 2.75) is 31.7 Å². The van der Waals surface area contributed by atoms with Crippen LogP contribution in [0.5, 0.6) is 0 Å². The van der Waals surface area contributed by atoms with Crippen molar-refractivity contribution in [3.8, 4) is 0 Å². The fourth-order valence-corrected chi connectivity index (χ4v) is 2.87. The van der Waals surface area contributed by atoms with Crippen LogP contribution in [0, 0.1) is 5.92 Å². The van der Waals surface area contributed by atoms with Gasteiger partial charge in [0.1, 0.15) is 0 Å². The van der Waals surface area contributed by atoms with Crippen molar-refractivity contribution in [2.24, 2.45) is 11.7 Å². The van der Waals surface area contributed by atoms with Crippen LogP contribution in [-0.4, -0.2) is 43.8 Å². The van der Waals surface area contributed by atoms with E-state index in [1.54, 1.807) is 0 Å². The summed E-state index contributed by atoms with van der Waals surface area (Å²) in [5.74, 6) is 0.744. The molecular weight excluding hydrogens is 176 g/mol. The first-order valence-electron chi connectivity index (χ1n) is 5.93. The molecule has 1 aliphatic carbocycles. The molecule has 0 bridgehead atoms. The van der Waals surface area contributed by atoms with Gasteiger partial charge in [0.25, 0.3) is 0 Å². The Kier molecular flexibility index (Phi) is 3.79. The lowest BCUT2D eigenvalue weighted by atomic mass is 10.0. The average molecular weight is 198 g/mol. The molecule has 14 heavy (non-hydrogen) atoms. The quantitative estimate of drug-likeness (QED) is 0.714. The Labute approximate surface area is 86.6 Å². The van der Waals surface area contributed by atoms with Gasteiger partial charge in [-0.1, -0.05) is 6.42 Å². The van der Waals surface area contributed by atoms with Gasteiger partial charge in [-0.15, -0.1) is 0 Å². The highest BCUT2D eigenvalue weighted by atomic mass is 16.5. The van der Waals surface area contributed by atoms with E-state index >= 15 is 0 Å². The molecule has 2 atom stereocenters. The van der Waals surface area contributed by atoms with Crippen LogP contribution in [0.1, 0.15) is 25.7 Å². The minimum absolute atomic E-state index is 0.744. The Hall–Kier alpha value is -0.120. The van der Waals surface area contributed by atoms with Gasteiger partial charge in [0, 0.05) is 25.7 Å². The van der Waals surface area contributed by atoms with E-state index in [1.807, 2.05) is 0 Å². The largest absolute Gasteiger partial charge is 0.380 e. The van der Waals surface area contributed by atoms with E-state index in [4.69, 9.17) is 10.5 Å². The number of ether oxygens (including phenoxy) is 1. The first kappa shape index (κ1) is 10.4. The highest BCUT2D eigenvalue weighted by Crippen LogP contribution is 2.29. The van der Waals surface area contributed by atoms with Gasteiger partial charge < -0.3 is 10.5 Å². The molecule has 3 nitrogen and oxygen atoms in total. The monoisotopic (exact) mass is 198 g/mol. The van der Waals surface area contributed by atoms with Gasteiger partial charge >= 0.3 is 0 Å². The Morgan fingerprint density at radius 3 is 2.93 bits per heavy atom. The predicted octanol–water partition coefficient (Wildman–Crippen LogP) is 0.836. The molecule has 0 amide bonds. The van der Waals surface area contributed by atoms with E-state index in [9.17, 15) is 0 Å². The van der Waals surface area contributed by atoms with E-state index in [-0.39, 0.29) is 0 Å². The van der Waals surface area contributed by atoms with Crippen molar-refractivity contribution in [1.82, 2.24) is 4.90 Å². The third-order valence-electron chi connectivity index (χ3n) is 3.65. The Morgan fingerprint density at radius 2 is 2.07 bits per heavy atom. The Bertz CT molecular complexity index is 167. The summed E-state index contributed by atoms with van der Waals surface area (Å²) in [4.78, 5) is 2.61. The maximum absolute atomic E-state index is 5.81. The number of rotatable bonds is 2. The fourth-order valence-electron chi connectivity index (χ4n) is 2.87. The summed E-state index contributed by atoms with van der Waals surface area (Å²) in [7, 11) is 0. The van der Waals surface area contributed by atoms with E-state index in [2.05, 4.69) is 4.90 Å². The summed E-state index contributed by atoms with van der Waals surface area (Å²) in [5, 5.41) is 0. The molecule has 0 aromatic heterocycles. The second-order valence-corrected chi connectivity index (χ2v) is 4.50. The standard InChI is InChI=1S/C11H22N2O/c12-9-10-3-1-4-11(10)13-5-2-7-14-8-6-13/h10-11H,1-9,12H2. The highest BCUT2D eigenvalue weighted by Gasteiger charge is 2.31. The van der Waals surface area contributed by atoms with Gasteiger partial charge in [-0.25, -0.2) is 0 Å². The van der Waals surface area contributed by atoms with E-state index < -0.39 is 0 Å². The van der Waals surface area contributed by atoms with Crippen LogP contribution in [0.4, 0.5) is 0 Å². The molecule has 3 heteroatoms. The first-order valence-corrected chi connectivity index (χ1v) is 5.93. The highest BCUT2D eigenvalue weighted by molar-refractivity contribution is 4.86. The van der Waals surface area contributed by atoms with Gasteiger partial charge in [0.05, 0.1) is 6.61 Å². The molecule has 2 unspecified atom stereocenters. The molecule has 2 rings (SSSR count). The van der Waals surface area contributed by atoms with Gasteiger partial charge in [0.15, 0.2) is 0 Å². The molecular formula is C11H22N2O. The summed E-state index contributed by atoms with van der Waals surface area (Å²) in [6.45, 7) is 5.04. The minimum atomic E-state index is 0.744. The number of hydrogen-bond donors (Lipinski definition) is 1. The number of nitrogens with zero attached hydrogens (tertiary/aromatic N) is 1. The van der Waals surface area contributed by atoms with Crippen molar-refractivity contribution >= 4 is 0 Å². The molecule has 2 aliphatic rings. The normalized spacial score (nSPS) is 35.8. The fraction of sp³-hybridized carbons (Fsp3) is 1.00. The lowest BCUT2D eigenvalue weighted by molar-refractivity contribution is 0.123. The molecule has 1 saturated heterocycles. The molecule has 2 fully saturated rings. The molecule has 0 spiro atoms. The lowest BCUT2D eigenvalue weighted by Gasteiger charge is -2.31. The molecule has 1 aliphatic heterocycles. The molecule has 1 saturated carbocycles. The number of hydrogen-bond acceptors (Lipinski definition) is 3. The summed E-state index contributed by atoms with van der Waals surface area (Å²) in [6, 6.07) is 0.752. The SMILES string of the molecule is NCC1CCCC1N1CCCOCC1. The van der Waals surface area contributed by atoms with Crippen LogP contribution in [0.3, 0.4) is 0 Å². The van der Waals surface area contributed by atoms with Crippen LogP contribution in [0.2, 0.25) is 0 Å². The summed E-state index contributed by atoms with van der Waals surface area (Å²) in [5.41, 5.74) is 5.81. The van der Waals surface area contributed by atoms with E-state index in [1.165, 1.54) is 32.2 Å². The second-order valence-electron chi connectivity index (χ2n) is 4.50. The smallest absolute Gasteiger partial charge is 0.0593 e. The van der Waals surface area contributed by atoms with Crippen molar-refractivity contribution in [2.75, 3.05) is 32.8 Å². The minimum Gasteiger partial charge on any atom is -0.380 e. The maximum Gasteiger partial charge on any atom is 0.0593 e. The second kappa shape index (κ2) is 5.10. The van der Waals surface area contributed by atoms with Crippen molar-refractivity contribution in [3.63, 3.8) is 0 Å². The third-order valence-corrected chi connectivity index (χ3v) is 3.65. The molecule has 2 N–H and O–H groups in total. The van der Waals surface area contributed by atoms with Crippen LogP contribution < -0.4 is 5.73 Å². The average Bonchev–Trinajstić information content (AvgIpc) is 2.52. The zero-order valence-corrected chi connectivity index (χ0v) is 8.95. The van der Waals surface area contributed by atoms with Crippen LogP contribution in [0.25, 0.3) is 0 Å². The summed E-state index contributed by atoms with van der Waals surface area (Å²) >= 11 is 0. The molecule has 0 aromatic carbocycles. The van der Waals surface area contributed by atoms with Crippen LogP contribution in [-0.2, 0) is 4.74 Å².